The smallest absolute Gasteiger partial charge is 0.0712 e. The Kier molecular flexibility index (Phi) is 7.45. The van der Waals surface area contributed by atoms with Gasteiger partial charge in [0.1, 0.15) is 0 Å². The van der Waals surface area contributed by atoms with E-state index in [1.807, 2.05) is 30.6 Å². The lowest BCUT2D eigenvalue weighted by molar-refractivity contribution is 0.652. The summed E-state index contributed by atoms with van der Waals surface area (Å²) < 4.78 is 0. The third-order valence-electron chi connectivity index (χ3n) is 8.42. The molecule has 2 atom stereocenters. The van der Waals surface area contributed by atoms with Gasteiger partial charge in [0, 0.05) is 29.4 Å². The van der Waals surface area contributed by atoms with Crippen molar-refractivity contribution in [3.05, 3.63) is 168 Å². The zero-order valence-electron chi connectivity index (χ0n) is 24.3. The number of hydrogen-bond acceptors (Lipinski definition) is 3. The van der Waals surface area contributed by atoms with Crippen molar-refractivity contribution >= 4 is 16.7 Å². The Balaban J connectivity index is 1.35. The predicted molar refractivity (Wildman–Crippen MR) is 178 cm³/mol. The predicted octanol–water partition coefficient (Wildman–Crippen LogP) is 9.84. The monoisotopic (exact) mass is 555 g/mol. The Labute approximate surface area is 253 Å². The van der Waals surface area contributed by atoms with Crippen LogP contribution in [-0.2, 0) is 0 Å². The Morgan fingerprint density at radius 3 is 1.95 bits per heavy atom. The molecule has 0 saturated carbocycles. The number of pyridine rings is 3. The second kappa shape index (κ2) is 12.0. The molecule has 2 unspecified atom stereocenters. The van der Waals surface area contributed by atoms with Crippen LogP contribution in [0, 0.1) is 5.92 Å². The Morgan fingerprint density at radius 1 is 0.628 bits per heavy atom. The molecule has 3 heteroatoms. The highest BCUT2D eigenvalue weighted by Crippen LogP contribution is 2.44. The summed E-state index contributed by atoms with van der Waals surface area (Å²) in [6.07, 6.45) is 17.5. The lowest BCUT2D eigenvalue weighted by atomic mass is 9.75. The van der Waals surface area contributed by atoms with Crippen molar-refractivity contribution in [1.82, 2.24) is 15.0 Å². The molecule has 7 rings (SSSR count). The fourth-order valence-corrected chi connectivity index (χ4v) is 6.08. The molecule has 3 aromatic heterocycles. The minimum Gasteiger partial charge on any atom is -0.256 e. The topological polar surface area (TPSA) is 38.7 Å². The third kappa shape index (κ3) is 5.67. The summed E-state index contributed by atoms with van der Waals surface area (Å²) in [5.41, 5.74) is 12.1. The average molecular weight is 556 g/mol. The zero-order chi connectivity index (χ0) is 29.0. The van der Waals surface area contributed by atoms with E-state index in [0.717, 1.165) is 57.9 Å². The first-order chi connectivity index (χ1) is 21.2. The summed E-state index contributed by atoms with van der Waals surface area (Å²) in [4.78, 5) is 14.9. The van der Waals surface area contributed by atoms with Crippen LogP contribution in [0.25, 0.3) is 39.2 Å². The Hall–Kier alpha value is -5.15. The van der Waals surface area contributed by atoms with E-state index < -0.39 is 0 Å². The van der Waals surface area contributed by atoms with E-state index in [2.05, 4.69) is 122 Å². The first-order valence-electron chi connectivity index (χ1n) is 15.0. The number of rotatable bonds is 6. The van der Waals surface area contributed by atoms with Gasteiger partial charge in [-0.05, 0) is 83.0 Å². The molecule has 0 spiro atoms. The van der Waals surface area contributed by atoms with E-state index in [9.17, 15) is 0 Å². The molecule has 0 saturated heterocycles. The van der Waals surface area contributed by atoms with Crippen LogP contribution in [0.5, 0.6) is 0 Å². The molecule has 0 N–H and O–H groups in total. The summed E-state index contributed by atoms with van der Waals surface area (Å²) in [5.74, 6) is 0.296. The van der Waals surface area contributed by atoms with E-state index in [0.29, 0.717) is 0 Å². The Bertz CT molecular complexity index is 1790. The van der Waals surface area contributed by atoms with Gasteiger partial charge in [-0.15, -0.1) is 0 Å². The molecule has 2 aromatic carbocycles. The van der Waals surface area contributed by atoms with E-state index in [4.69, 9.17) is 15.0 Å². The van der Waals surface area contributed by atoms with Crippen molar-refractivity contribution in [3.8, 4) is 22.5 Å². The van der Waals surface area contributed by atoms with Gasteiger partial charge in [0.25, 0.3) is 0 Å². The largest absolute Gasteiger partial charge is 0.256 e. The maximum atomic E-state index is 5.13. The van der Waals surface area contributed by atoms with Crippen LogP contribution in [-0.4, -0.2) is 15.0 Å². The molecule has 0 aliphatic heterocycles. The van der Waals surface area contributed by atoms with Crippen LogP contribution in [0.4, 0.5) is 0 Å². The second-order valence-corrected chi connectivity index (χ2v) is 11.2. The molecule has 43 heavy (non-hydrogen) atoms. The van der Waals surface area contributed by atoms with Gasteiger partial charge in [0.2, 0.25) is 0 Å². The van der Waals surface area contributed by atoms with Crippen LogP contribution in [0.15, 0.2) is 146 Å². The summed E-state index contributed by atoms with van der Waals surface area (Å²) in [7, 11) is 0. The van der Waals surface area contributed by atoms with E-state index in [1.165, 1.54) is 16.7 Å². The second-order valence-electron chi connectivity index (χ2n) is 11.2. The number of allylic oxidation sites excluding steroid dienone is 8. The molecular weight excluding hydrogens is 522 g/mol. The molecular formula is C40H33N3. The molecule has 0 bridgehead atoms. The summed E-state index contributed by atoms with van der Waals surface area (Å²) in [6, 6.07) is 35.9. The van der Waals surface area contributed by atoms with Crippen LogP contribution < -0.4 is 0 Å². The lowest BCUT2D eigenvalue weighted by Crippen LogP contribution is -2.16. The first kappa shape index (κ1) is 26.7. The molecule has 2 aliphatic rings. The number of nitrogens with zero attached hydrogens (tertiary/aromatic N) is 3. The summed E-state index contributed by atoms with van der Waals surface area (Å²) in [5, 5.41) is 0. The summed E-state index contributed by atoms with van der Waals surface area (Å²) in [6.45, 7) is 2.31. The van der Waals surface area contributed by atoms with Gasteiger partial charge >= 0.3 is 0 Å². The van der Waals surface area contributed by atoms with Gasteiger partial charge in [-0.2, -0.15) is 0 Å². The minimum absolute atomic E-state index is 0.107. The van der Waals surface area contributed by atoms with Crippen molar-refractivity contribution < 1.29 is 0 Å². The normalized spacial score (nSPS) is 18.0. The third-order valence-corrected chi connectivity index (χ3v) is 8.42. The molecule has 3 nitrogen and oxygen atoms in total. The van der Waals surface area contributed by atoms with E-state index in [-0.39, 0.29) is 11.8 Å². The minimum atomic E-state index is 0.107. The van der Waals surface area contributed by atoms with Crippen LogP contribution in [0.3, 0.4) is 0 Å². The molecule has 0 fully saturated rings. The van der Waals surface area contributed by atoms with Crippen LogP contribution in [0.2, 0.25) is 0 Å². The fourth-order valence-electron chi connectivity index (χ4n) is 6.08. The SMILES string of the molecule is CC1C(c2ccc(C3=CCCC=C3)cn2)=CC(c2ccccn2)=CC1c1cc(-c2ccccc2)nc(-c2ccccc2)c1. The standard InChI is InChI=1S/C40H33N3/c1-28-35(33-25-39(30-15-7-3-8-16-30)43-40(26-33)31-17-9-4-10-18-31)23-34(37-19-11-12-22-41-37)24-36(28)38-21-20-32(27-42-38)29-13-5-2-6-14-29/h3-5,7-28,35H,2,6H2,1H3. The molecule has 3 heterocycles. The highest BCUT2D eigenvalue weighted by molar-refractivity contribution is 5.87. The maximum Gasteiger partial charge on any atom is 0.0712 e. The van der Waals surface area contributed by atoms with Crippen molar-refractivity contribution in [1.29, 1.82) is 0 Å². The summed E-state index contributed by atoms with van der Waals surface area (Å²) >= 11 is 0. The number of benzene rings is 2. The molecule has 0 amide bonds. The highest BCUT2D eigenvalue weighted by atomic mass is 14.7. The van der Waals surface area contributed by atoms with Crippen molar-refractivity contribution in [2.75, 3.05) is 0 Å². The van der Waals surface area contributed by atoms with Gasteiger partial charge in [-0.3, -0.25) is 9.97 Å². The van der Waals surface area contributed by atoms with Crippen molar-refractivity contribution in [2.24, 2.45) is 5.92 Å². The molecule has 0 radical (unpaired) electrons. The average Bonchev–Trinajstić information content (AvgIpc) is 3.10. The van der Waals surface area contributed by atoms with Gasteiger partial charge in [-0.1, -0.05) is 104 Å². The van der Waals surface area contributed by atoms with Crippen molar-refractivity contribution in [2.45, 2.75) is 25.7 Å². The van der Waals surface area contributed by atoms with Crippen LogP contribution in [0.1, 0.15) is 48.2 Å². The van der Waals surface area contributed by atoms with Crippen LogP contribution >= 0.6 is 0 Å². The number of aromatic nitrogens is 3. The quantitative estimate of drug-likeness (QED) is 0.209. The van der Waals surface area contributed by atoms with E-state index >= 15 is 0 Å². The van der Waals surface area contributed by atoms with Crippen molar-refractivity contribution in [3.63, 3.8) is 0 Å². The fraction of sp³-hybridized carbons (Fsp3) is 0.125. The highest BCUT2D eigenvalue weighted by Gasteiger charge is 2.28. The van der Waals surface area contributed by atoms with Gasteiger partial charge < -0.3 is 0 Å². The van der Waals surface area contributed by atoms with Gasteiger partial charge in [0.15, 0.2) is 0 Å². The van der Waals surface area contributed by atoms with E-state index in [1.54, 1.807) is 0 Å². The Morgan fingerprint density at radius 2 is 1.35 bits per heavy atom. The van der Waals surface area contributed by atoms with Gasteiger partial charge in [-0.25, -0.2) is 4.98 Å². The zero-order valence-corrected chi connectivity index (χ0v) is 24.3. The maximum absolute atomic E-state index is 5.13. The molecule has 208 valence electrons. The van der Waals surface area contributed by atoms with Gasteiger partial charge in [0.05, 0.1) is 22.8 Å². The number of hydrogen-bond donors (Lipinski definition) is 0. The molecule has 2 aliphatic carbocycles. The molecule has 5 aromatic rings. The first-order valence-corrected chi connectivity index (χ1v) is 15.0. The lowest BCUT2D eigenvalue weighted by Gasteiger charge is -2.30.